The summed E-state index contributed by atoms with van der Waals surface area (Å²) in [6.07, 6.45) is 1.92. The van der Waals surface area contributed by atoms with Crippen molar-refractivity contribution in [1.29, 1.82) is 0 Å². The van der Waals surface area contributed by atoms with Gasteiger partial charge in [0.25, 0.3) is 0 Å². The predicted octanol–water partition coefficient (Wildman–Crippen LogP) is 2.75. The van der Waals surface area contributed by atoms with Crippen LogP contribution in [0.15, 0.2) is 18.2 Å². The molecule has 0 aromatic heterocycles. The van der Waals surface area contributed by atoms with Crippen LogP contribution in [0.3, 0.4) is 0 Å². The Balaban J connectivity index is 2.34. The molecule has 1 aromatic carbocycles. The van der Waals surface area contributed by atoms with E-state index < -0.39 is 0 Å². The molecule has 0 unspecified atom stereocenters. The van der Waals surface area contributed by atoms with Gasteiger partial charge in [0.2, 0.25) is 0 Å². The fraction of sp³-hybridized carbons (Fsp3) is 0.429. The third-order valence-corrected chi connectivity index (χ3v) is 3.28. The highest BCUT2D eigenvalue weighted by Gasteiger charge is 2.30. The summed E-state index contributed by atoms with van der Waals surface area (Å²) in [4.78, 5) is 22.5. The summed E-state index contributed by atoms with van der Waals surface area (Å²) >= 11 is 0. The summed E-state index contributed by atoms with van der Waals surface area (Å²) in [5.41, 5.74) is 3.12. The van der Waals surface area contributed by atoms with Crippen molar-refractivity contribution >= 4 is 12.1 Å². The molecule has 0 amide bonds. The van der Waals surface area contributed by atoms with E-state index in [-0.39, 0.29) is 11.7 Å². The Morgan fingerprint density at radius 1 is 1.44 bits per heavy atom. The average Bonchev–Trinajstić information content (AvgIpc) is 2.56. The smallest absolute Gasteiger partial charge is 0.166 e. The fourth-order valence-electron chi connectivity index (χ4n) is 2.25. The number of hydrogen-bond donors (Lipinski definition) is 0. The van der Waals surface area contributed by atoms with Gasteiger partial charge >= 0.3 is 0 Å². The minimum Gasteiger partial charge on any atom is -0.303 e. The molecule has 2 nitrogen and oxygen atoms in total. The molecular formula is C14H16O2. The summed E-state index contributed by atoms with van der Waals surface area (Å²) in [6.45, 7) is 4.23. The van der Waals surface area contributed by atoms with Gasteiger partial charge in [-0.1, -0.05) is 26.0 Å². The van der Waals surface area contributed by atoms with E-state index in [1.165, 1.54) is 5.56 Å². The summed E-state index contributed by atoms with van der Waals surface area (Å²) in [7, 11) is 0. The molecule has 2 heteroatoms. The van der Waals surface area contributed by atoms with E-state index in [2.05, 4.69) is 19.9 Å². The lowest BCUT2D eigenvalue weighted by Crippen LogP contribution is -2.09. The number of carbonyl (C=O) groups excluding carboxylic acids is 2. The van der Waals surface area contributed by atoms with E-state index in [9.17, 15) is 9.59 Å². The lowest BCUT2D eigenvalue weighted by Gasteiger charge is -2.06. The van der Waals surface area contributed by atoms with Crippen molar-refractivity contribution < 1.29 is 9.59 Å². The van der Waals surface area contributed by atoms with Crippen molar-refractivity contribution in [2.24, 2.45) is 5.92 Å². The molecule has 0 saturated carbocycles. The maximum Gasteiger partial charge on any atom is 0.166 e. The number of fused-ring (bicyclic) bond motifs is 1. The van der Waals surface area contributed by atoms with E-state index in [0.717, 1.165) is 23.8 Å². The predicted molar refractivity (Wildman–Crippen MR) is 62.7 cm³/mol. The first-order valence-corrected chi connectivity index (χ1v) is 5.74. The van der Waals surface area contributed by atoms with Crippen LogP contribution in [0.4, 0.5) is 0 Å². The molecule has 0 bridgehead atoms. The molecule has 1 aliphatic carbocycles. The zero-order valence-corrected chi connectivity index (χ0v) is 9.69. The Bertz CT molecular complexity index is 432. The Labute approximate surface area is 95.7 Å². The minimum atomic E-state index is -0.116. The van der Waals surface area contributed by atoms with Crippen molar-refractivity contribution in [2.45, 2.75) is 32.6 Å². The van der Waals surface area contributed by atoms with E-state index in [4.69, 9.17) is 0 Å². The Morgan fingerprint density at radius 3 is 2.81 bits per heavy atom. The van der Waals surface area contributed by atoms with Crippen LogP contribution in [0.25, 0.3) is 0 Å². The Hall–Kier alpha value is -1.44. The van der Waals surface area contributed by atoms with E-state index in [1.54, 1.807) is 0 Å². The van der Waals surface area contributed by atoms with Gasteiger partial charge < -0.3 is 4.79 Å². The van der Waals surface area contributed by atoms with Crippen LogP contribution in [-0.4, -0.2) is 12.1 Å². The van der Waals surface area contributed by atoms with Gasteiger partial charge in [0.15, 0.2) is 5.78 Å². The molecule has 0 aliphatic heterocycles. The zero-order valence-electron chi connectivity index (χ0n) is 9.69. The van der Waals surface area contributed by atoms with E-state index in [0.29, 0.717) is 12.3 Å². The van der Waals surface area contributed by atoms with Gasteiger partial charge in [-0.25, -0.2) is 0 Å². The second kappa shape index (κ2) is 4.20. The molecule has 0 fully saturated rings. The zero-order chi connectivity index (χ0) is 11.7. The number of ketones is 1. The number of hydrogen-bond acceptors (Lipinski definition) is 2. The molecule has 84 valence electrons. The first-order chi connectivity index (χ1) is 7.63. The molecule has 1 atom stereocenters. The van der Waals surface area contributed by atoms with Crippen LogP contribution in [0.5, 0.6) is 0 Å². The standard InChI is InChI=1S/C14H16O2/c1-9(2)10-3-4-11-7-12(5-6-15)14(16)13(11)8-10/h3-4,6,8-9,12H,5,7H2,1-2H3/t12-/m1/s1. The lowest BCUT2D eigenvalue weighted by molar-refractivity contribution is -0.108. The summed E-state index contributed by atoms with van der Waals surface area (Å²) in [5.74, 6) is 0.461. The molecule has 1 aliphatic rings. The molecule has 0 N–H and O–H groups in total. The number of benzene rings is 1. The number of carbonyl (C=O) groups is 2. The maximum atomic E-state index is 12.0. The molecule has 0 heterocycles. The minimum absolute atomic E-state index is 0.116. The van der Waals surface area contributed by atoms with E-state index >= 15 is 0 Å². The normalized spacial score (nSPS) is 18.9. The second-order valence-corrected chi connectivity index (χ2v) is 4.74. The van der Waals surface area contributed by atoms with Crippen molar-refractivity contribution in [3.05, 3.63) is 34.9 Å². The van der Waals surface area contributed by atoms with E-state index in [1.807, 2.05) is 12.1 Å². The number of rotatable bonds is 3. The molecule has 0 spiro atoms. The number of Topliss-reactive ketones (excluding diaryl/α,β-unsaturated/α-hetero) is 1. The summed E-state index contributed by atoms with van der Waals surface area (Å²) < 4.78 is 0. The average molecular weight is 216 g/mol. The van der Waals surface area contributed by atoms with Crippen LogP contribution >= 0.6 is 0 Å². The highest BCUT2D eigenvalue weighted by atomic mass is 16.1. The van der Waals surface area contributed by atoms with Gasteiger partial charge in [0, 0.05) is 17.9 Å². The number of aldehydes is 1. The van der Waals surface area contributed by atoms with Crippen molar-refractivity contribution in [2.75, 3.05) is 0 Å². The first-order valence-electron chi connectivity index (χ1n) is 5.74. The third kappa shape index (κ3) is 1.80. The topological polar surface area (TPSA) is 34.1 Å². The van der Waals surface area contributed by atoms with Gasteiger partial charge in [0.1, 0.15) is 6.29 Å². The first kappa shape index (κ1) is 11.1. The highest BCUT2D eigenvalue weighted by Crippen LogP contribution is 2.30. The molecule has 16 heavy (non-hydrogen) atoms. The fourth-order valence-corrected chi connectivity index (χ4v) is 2.25. The van der Waals surface area contributed by atoms with Crippen LogP contribution in [0.2, 0.25) is 0 Å². The monoisotopic (exact) mass is 216 g/mol. The molecule has 0 radical (unpaired) electrons. The van der Waals surface area contributed by atoms with Gasteiger partial charge in [-0.15, -0.1) is 0 Å². The van der Waals surface area contributed by atoms with Crippen LogP contribution in [0, 0.1) is 5.92 Å². The van der Waals surface area contributed by atoms with Crippen LogP contribution in [-0.2, 0) is 11.2 Å². The largest absolute Gasteiger partial charge is 0.303 e. The quantitative estimate of drug-likeness (QED) is 0.728. The third-order valence-electron chi connectivity index (χ3n) is 3.28. The summed E-state index contributed by atoms with van der Waals surface area (Å²) in [5, 5.41) is 0. The second-order valence-electron chi connectivity index (χ2n) is 4.74. The van der Waals surface area contributed by atoms with Gasteiger partial charge in [0.05, 0.1) is 0 Å². The van der Waals surface area contributed by atoms with Crippen molar-refractivity contribution in [3.8, 4) is 0 Å². The van der Waals surface area contributed by atoms with Crippen molar-refractivity contribution in [1.82, 2.24) is 0 Å². The summed E-state index contributed by atoms with van der Waals surface area (Å²) in [6, 6.07) is 6.11. The SMILES string of the molecule is CC(C)c1ccc2c(c1)C(=O)[C@H](CC=O)C2. The van der Waals surface area contributed by atoms with Crippen molar-refractivity contribution in [3.63, 3.8) is 0 Å². The lowest BCUT2D eigenvalue weighted by atomic mass is 9.98. The van der Waals surface area contributed by atoms with Gasteiger partial charge in [-0.2, -0.15) is 0 Å². The maximum absolute atomic E-state index is 12.0. The molecular weight excluding hydrogens is 200 g/mol. The highest BCUT2D eigenvalue weighted by molar-refractivity contribution is 6.03. The molecule has 1 aromatic rings. The van der Waals surface area contributed by atoms with Crippen LogP contribution < -0.4 is 0 Å². The molecule has 2 rings (SSSR count). The molecule has 0 saturated heterocycles. The van der Waals surface area contributed by atoms with Gasteiger partial charge in [-0.05, 0) is 29.5 Å². The van der Waals surface area contributed by atoms with Gasteiger partial charge in [-0.3, -0.25) is 4.79 Å². The Kier molecular flexibility index (Phi) is 2.90. The Morgan fingerprint density at radius 2 is 2.19 bits per heavy atom. The van der Waals surface area contributed by atoms with Crippen LogP contribution in [0.1, 0.15) is 47.7 Å².